The van der Waals surface area contributed by atoms with Gasteiger partial charge >= 0.3 is 0 Å². The van der Waals surface area contributed by atoms with E-state index in [1.54, 1.807) is 0 Å². The second-order valence-electron chi connectivity index (χ2n) is 3.78. The molecule has 0 fully saturated rings. The predicted octanol–water partition coefficient (Wildman–Crippen LogP) is 3.55. The average molecular weight is 248 g/mol. The van der Waals surface area contributed by atoms with E-state index in [1.807, 2.05) is 17.8 Å². The lowest BCUT2D eigenvalue weighted by molar-refractivity contribution is 0.772. The highest BCUT2D eigenvalue weighted by molar-refractivity contribution is 7.99. The second kappa shape index (κ2) is 8.95. The van der Waals surface area contributed by atoms with Crippen LogP contribution in [-0.2, 0) is 0 Å². The lowest BCUT2D eigenvalue weighted by atomic mass is 10.2. The second-order valence-corrected chi connectivity index (χ2v) is 5.18. The van der Waals surface area contributed by atoms with Gasteiger partial charge in [-0.1, -0.05) is 25.1 Å². The smallest absolute Gasteiger partial charge is 0.0640 e. The van der Waals surface area contributed by atoms with Crippen LogP contribution in [0.3, 0.4) is 0 Å². The third-order valence-electron chi connectivity index (χ3n) is 2.54. The lowest BCUT2D eigenvalue weighted by Gasteiger charge is -2.23. The zero-order valence-electron chi connectivity index (χ0n) is 10.4. The van der Waals surface area contributed by atoms with Crippen molar-refractivity contribution in [3.05, 3.63) is 30.3 Å². The van der Waals surface area contributed by atoms with E-state index in [2.05, 4.69) is 42.2 Å². The highest BCUT2D eigenvalue weighted by Crippen LogP contribution is 2.14. The molecule has 2 nitrogen and oxygen atoms in total. The molecule has 0 spiro atoms. The minimum Gasteiger partial charge on any atom is -0.370 e. The van der Waals surface area contributed by atoms with Crippen LogP contribution in [0.2, 0.25) is 0 Å². The first-order valence-electron chi connectivity index (χ1n) is 6.13. The van der Waals surface area contributed by atoms with Crippen LogP contribution in [0.25, 0.3) is 0 Å². The fraction of sp³-hybridized carbons (Fsp3) is 0.500. The number of thioether (sulfide) groups is 1. The maximum absolute atomic E-state index is 8.69. The van der Waals surface area contributed by atoms with E-state index in [4.69, 9.17) is 5.26 Å². The number of nitriles is 1. The number of nitrogens with zero attached hydrogens (tertiary/aromatic N) is 2. The molecule has 0 saturated heterocycles. The van der Waals surface area contributed by atoms with Crippen molar-refractivity contribution >= 4 is 17.4 Å². The molecule has 1 rings (SSSR count). The first-order chi connectivity index (χ1) is 8.38. The third kappa shape index (κ3) is 5.65. The average Bonchev–Trinajstić information content (AvgIpc) is 2.39. The Bertz CT molecular complexity index is 332. The van der Waals surface area contributed by atoms with Gasteiger partial charge in [0.1, 0.15) is 0 Å². The fourth-order valence-corrected chi connectivity index (χ4v) is 2.32. The maximum Gasteiger partial charge on any atom is 0.0640 e. The van der Waals surface area contributed by atoms with E-state index in [9.17, 15) is 0 Å². The molecular formula is C14H20N2S. The predicted molar refractivity (Wildman–Crippen MR) is 76.5 cm³/mol. The summed E-state index contributed by atoms with van der Waals surface area (Å²) in [7, 11) is 0. The zero-order valence-corrected chi connectivity index (χ0v) is 11.2. The monoisotopic (exact) mass is 248 g/mol. The summed E-state index contributed by atoms with van der Waals surface area (Å²) >= 11 is 1.98. The minimum atomic E-state index is 0.593. The molecule has 0 aliphatic heterocycles. The summed E-state index contributed by atoms with van der Waals surface area (Å²) in [5.74, 6) is 2.38. The van der Waals surface area contributed by atoms with Gasteiger partial charge in [0.2, 0.25) is 0 Å². The Morgan fingerprint density at radius 1 is 1.24 bits per heavy atom. The molecule has 0 N–H and O–H groups in total. The molecular weight excluding hydrogens is 228 g/mol. The van der Waals surface area contributed by atoms with Crippen LogP contribution in [0.1, 0.15) is 19.8 Å². The van der Waals surface area contributed by atoms with Crippen molar-refractivity contribution in [1.29, 1.82) is 5.26 Å². The van der Waals surface area contributed by atoms with E-state index >= 15 is 0 Å². The topological polar surface area (TPSA) is 27.0 Å². The normalized spacial score (nSPS) is 9.88. The molecule has 92 valence electrons. The Morgan fingerprint density at radius 2 is 2.00 bits per heavy atom. The molecule has 0 amide bonds. The van der Waals surface area contributed by atoms with E-state index in [0.29, 0.717) is 6.42 Å². The zero-order chi connectivity index (χ0) is 12.3. The summed E-state index contributed by atoms with van der Waals surface area (Å²) in [5.41, 5.74) is 1.23. The van der Waals surface area contributed by atoms with Crippen LogP contribution < -0.4 is 4.90 Å². The highest BCUT2D eigenvalue weighted by atomic mass is 32.2. The van der Waals surface area contributed by atoms with E-state index in [0.717, 1.165) is 13.1 Å². The molecule has 0 saturated carbocycles. The Labute approximate surface area is 109 Å². The fourth-order valence-electron chi connectivity index (χ4n) is 1.70. The maximum atomic E-state index is 8.69. The highest BCUT2D eigenvalue weighted by Gasteiger charge is 2.04. The van der Waals surface area contributed by atoms with Crippen molar-refractivity contribution in [2.45, 2.75) is 19.8 Å². The molecule has 0 aromatic heterocycles. The van der Waals surface area contributed by atoms with Crippen LogP contribution in [-0.4, -0.2) is 24.6 Å². The van der Waals surface area contributed by atoms with Gasteiger partial charge < -0.3 is 4.90 Å². The van der Waals surface area contributed by atoms with Crippen molar-refractivity contribution in [3.63, 3.8) is 0 Å². The molecule has 1 aromatic carbocycles. The summed E-state index contributed by atoms with van der Waals surface area (Å²) in [5, 5.41) is 8.69. The van der Waals surface area contributed by atoms with Crippen molar-refractivity contribution < 1.29 is 0 Å². The Hall–Kier alpha value is -1.14. The van der Waals surface area contributed by atoms with Gasteiger partial charge in [0, 0.05) is 18.8 Å². The van der Waals surface area contributed by atoms with Gasteiger partial charge in [-0.15, -0.1) is 0 Å². The summed E-state index contributed by atoms with van der Waals surface area (Å²) in [6.07, 6.45) is 1.77. The summed E-state index contributed by atoms with van der Waals surface area (Å²) in [4.78, 5) is 2.31. The van der Waals surface area contributed by atoms with Crippen molar-refractivity contribution in [2.75, 3.05) is 29.5 Å². The molecule has 0 radical (unpaired) electrons. The standard InChI is InChI=1S/C14H20N2S/c1-2-17-13-7-12-16(11-6-10-15)14-8-4-3-5-9-14/h3-5,8-9H,2,6-7,11-13H2,1H3. The van der Waals surface area contributed by atoms with Gasteiger partial charge in [0.25, 0.3) is 0 Å². The van der Waals surface area contributed by atoms with E-state index < -0.39 is 0 Å². The quantitative estimate of drug-likeness (QED) is 0.658. The largest absolute Gasteiger partial charge is 0.370 e. The van der Waals surface area contributed by atoms with Gasteiger partial charge in [0.05, 0.1) is 12.5 Å². The van der Waals surface area contributed by atoms with Gasteiger partial charge in [-0.2, -0.15) is 17.0 Å². The van der Waals surface area contributed by atoms with Crippen molar-refractivity contribution in [3.8, 4) is 6.07 Å². The number of para-hydroxylation sites is 1. The summed E-state index contributed by atoms with van der Waals surface area (Å²) in [6.45, 7) is 4.06. The number of anilines is 1. The van der Waals surface area contributed by atoms with Gasteiger partial charge in [-0.3, -0.25) is 0 Å². The van der Waals surface area contributed by atoms with Crippen LogP contribution in [0.15, 0.2) is 30.3 Å². The number of hydrogen-bond acceptors (Lipinski definition) is 3. The Morgan fingerprint density at radius 3 is 2.65 bits per heavy atom. The van der Waals surface area contributed by atoms with E-state index in [-0.39, 0.29) is 0 Å². The van der Waals surface area contributed by atoms with Gasteiger partial charge in [-0.05, 0) is 30.1 Å². The first kappa shape index (κ1) is 13.9. The van der Waals surface area contributed by atoms with E-state index in [1.165, 1.54) is 23.6 Å². The van der Waals surface area contributed by atoms with Crippen LogP contribution >= 0.6 is 11.8 Å². The first-order valence-corrected chi connectivity index (χ1v) is 7.28. The van der Waals surface area contributed by atoms with Crippen LogP contribution in [0, 0.1) is 11.3 Å². The van der Waals surface area contributed by atoms with Gasteiger partial charge in [0.15, 0.2) is 0 Å². The molecule has 0 aliphatic rings. The van der Waals surface area contributed by atoms with Gasteiger partial charge in [-0.25, -0.2) is 0 Å². The van der Waals surface area contributed by atoms with Crippen LogP contribution in [0.5, 0.6) is 0 Å². The minimum absolute atomic E-state index is 0.593. The summed E-state index contributed by atoms with van der Waals surface area (Å²) < 4.78 is 0. The van der Waals surface area contributed by atoms with Crippen molar-refractivity contribution in [1.82, 2.24) is 0 Å². The molecule has 0 aliphatic carbocycles. The molecule has 0 heterocycles. The summed E-state index contributed by atoms with van der Waals surface area (Å²) in [6, 6.07) is 12.6. The number of rotatable bonds is 8. The molecule has 0 atom stereocenters. The lowest BCUT2D eigenvalue weighted by Crippen LogP contribution is -2.25. The number of benzene rings is 1. The molecule has 1 aromatic rings. The number of hydrogen-bond donors (Lipinski definition) is 0. The van der Waals surface area contributed by atoms with Crippen LogP contribution in [0.4, 0.5) is 5.69 Å². The SMILES string of the molecule is CCSCCCN(CCC#N)c1ccccc1. The third-order valence-corrected chi connectivity index (χ3v) is 3.52. The molecule has 17 heavy (non-hydrogen) atoms. The van der Waals surface area contributed by atoms with Crippen molar-refractivity contribution in [2.24, 2.45) is 0 Å². The molecule has 0 unspecified atom stereocenters. The Kier molecular flexibility index (Phi) is 7.33. The molecule has 0 bridgehead atoms. The Balaban J connectivity index is 2.46. The molecule has 3 heteroatoms.